The molecule has 1 aliphatic rings. The lowest BCUT2D eigenvalue weighted by Gasteiger charge is -2.13. The Morgan fingerprint density at radius 3 is 2.68 bits per heavy atom. The molecule has 0 spiro atoms. The van der Waals surface area contributed by atoms with Gasteiger partial charge < -0.3 is 14.2 Å². The number of rotatable bonds is 5. The predicted molar refractivity (Wildman–Crippen MR) is 75.2 cm³/mol. The van der Waals surface area contributed by atoms with Gasteiger partial charge in [-0.15, -0.1) is 0 Å². The molecule has 0 amide bonds. The van der Waals surface area contributed by atoms with Gasteiger partial charge in [0.1, 0.15) is 11.5 Å². The van der Waals surface area contributed by atoms with Gasteiger partial charge in [-0.05, 0) is 40.9 Å². The first-order chi connectivity index (χ1) is 9.15. The first-order valence-electron chi connectivity index (χ1n) is 6.22. The average molecular weight is 329 g/mol. The monoisotopic (exact) mass is 328 g/mol. The third-order valence-corrected chi connectivity index (χ3v) is 3.83. The average Bonchev–Trinajstić information content (AvgIpc) is 2.91. The second-order valence-corrected chi connectivity index (χ2v) is 5.30. The molecular weight excluding hydrogens is 312 g/mol. The molecule has 0 N–H and O–H groups in total. The van der Waals surface area contributed by atoms with Crippen molar-refractivity contribution in [3.05, 3.63) is 22.2 Å². The highest BCUT2D eigenvalue weighted by atomic mass is 79.9. The highest BCUT2D eigenvalue weighted by molar-refractivity contribution is 9.10. The number of ether oxygens (including phenoxy) is 3. The van der Waals surface area contributed by atoms with Crippen molar-refractivity contribution in [1.29, 1.82) is 0 Å². The minimum Gasteiger partial charge on any atom is -0.496 e. The van der Waals surface area contributed by atoms with Gasteiger partial charge in [-0.2, -0.15) is 0 Å². The Bertz CT molecular complexity index is 467. The summed E-state index contributed by atoms with van der Waals surface area (Å²) in [6, 6.07) is 3.46. The van der Waals surface area contributed by atoms with Gasteiger partial charge in [0.05, 0.1) is 30.4 Å². The molecule has 2 rings (SSSR count). The maximum absolute atomic E-state index is 12.3. The Morgan fingerprint density at radius 2 is 2.11 bits per heavy atom. The summed E-state index contributed by atoms with van der Waals surface area (Å²) in [7, 11) is 3.12. The van der Waals surface area contributed by atoms with E-state index in [-0.39, 0.29) is 11.9 Å². The van der Waals surface area contributed by atoms with Crippen molar-refractivity contribution in [2.45, 2.75) is 25.4 Å². The third kappa shape index (κ3) is 3.28. The Hall–Kier alpha value is -1.07. The summed E-state index contributed by atoms with van der Waals surface area (Å²) in [5.74, 6) is 1.20. The number of halogens is 1. The Labute approximate surface area is 121 Å². The van der Waals surface area contributed by atoms with Gasteiger partial charge in [-0.25, -0.2) is 0 Å². The second kappa shape index (κ2) is 6.39. The van der Waals surface area contributed by atoms with Crippen molar-refractivity contribution in [2.24, 2.45) is 0 Å². The van der Waals surface area contributed by atoms with E-state index in [9.17, 15) is 4.79 Å². The molecule has 0 aromatic heterocycles. The van der Waals surface area contributed by atoms with E-state index in [1.165, 1.54) is 0 Å². The van der Waals surface area contributed by atoms with Crippen LogP contribution in [0.25, 0.3) is 0 Å². The van der Waals surface area contributed by atoms with Gasteiger partial charge in [-0.3, -0.25) is 4.79 Å². The zero-order valence-electron chi connectivity index (χ0n) is 11.1. The van der Waals surface area contributed by atoms with Crippen molar-refractivity contribution in [3.63, 3.8) is 0 Å². The highest BCUT2D eigenvalue weighted by Crippen LogP contribution is 2.34. The maximum Gasteiger partial charge on any atom is 0.169 e. The molecule has 1 atom stereocenters. The number of ketones is 1. The molecule has 0 bridgehead atoms. The molecule has 1 saturated heterocycles. The van der Waals surface area contributed by atoms with E-state index in [0.717, 1.165) is 23.9 Å². The quantitative estimate of drug-likeness (QED) is 0.778. The third-order valence-electron chi connectivity index (χ3n) is 3.21. The van der Waals surface area contributed by atoms with Crippen molar-refractivity contribution >= 4 is 21.7 Å². The van der Waals surface area contributed by atoms with E-state index < -0.39 is 0 Å². The fourth-order valence-electron chi connectivity index (χ4n) is 2.20. The van der Waals surface area contributed by atoms with Gasteiger partial charge in [0, 0.05) is 13.0 Å². The van der Waals surface area contributed by atoms with E-state index >= 15 is 0 Å². The summed E-state index contributed by atoms with van der Waals surface area (Å²) in [6.07, 6.45) is 2.40. The normalized spacial score (nSPS) is 18.4. The molecule has 0 saturated carbocycles. The first-order valence-corrected chi connectivity index (χ1v) is 7.01. The van der Waals surface area contributed by atoms with E-state index in [2.05, 4.69) is 15.9 Å². The van der Waals surface area contributed by atoms with Crippen LogP contribution in [0, 0.1) is 0 Å². The van der Waals surface area contributed by atoms with Crippen LogP contribution in [-0.2, 0) is 4.74 Å². The molecule has 0 aliphatic carbocycles. The number of carbonyl (C=O) groups excluding carboxylic acids is 1. The Kier molecular flexibility index (Phi) is 4.82. The standard InChI is InChI=1S/C14H17BrO4/c1-17-13-8-11(15)14(18-2)7-10(13)12(16)6-9-4-3-5-19-9/h7-9H,3-6H2,1-2H3. The minimum atomic E-state index is 0.0227. The number of hydrogen-bond donors (Lipinski definition) is 0. The Morgan fingerprint density at radius 1 is 1.37 bits per heavy atom. The SMILES string of the molecule is COc1cc(C(=O)CC2CCCO2)c(OC)cc1Br. The summed E-state index contributed by atoms with van der Waals surface area (Å²) in [5.41, 5.74) is 0.540. The molecule has 1 aromatic carbocycles. The van der Waals surface area contributed by atoms with Crippen LogP contribution in [0.5, 0.6) is 11.5 Å². The van der Waals surface area contributed by atoms with Crippen LogP contribution in [-0.4, -0.2) is 32.7 Å². The second-order valence-electron chi connectivity index (χ2n) is 4.45. The van der Waals surface area contributed by atoms with Crippen LogP contribution in [0.3, 0.4) is 0 Å². The number of Topliss-reactive ketones (excluding diaryl/α,β-unsaturated/α-hetero) is 1. The molecule has 19 heavy (non-hydrogen) atoms. The molecule has 1 fully saturated rings. The summed E-state index contributed by atoms with van der Waals surface area (Å²) < 4.78 is 16.7. The van der Waals surface area contributed by atoms with Crippen molar-refractivity contribution in [2.75, 3.05) is 20.8 Å². The van der Waals surface area contributed by atoms with Gasteiger partial charge in [-0.1, -0.05) is 0 Å². The lowest BCUT2D eigenvalue weighted by molar-refractivity contribution is 0.0773. The van der Waals surface area contributed by atoms with Crippen molar-refractivity contribution in [1.82, 2.24) is 0 Å². The topological polar surface area (TPSA) is 44.8 Å². The van der Waals surface area contributed by atoms with Crippen LogP contribution in [0.1, 0.15) is 29.6 Å². The number of benzene rings is 1. The van der Waals surface area contributed by atoms with Crippen LogP contribution in [0.4, 0.5) is 0 Å². The summed E-state index contributed by atoms with van der Waals surface area (Å²) in [5, 5.41) is 0. The van der Waals surface area contributed by atoms with Gasteiger partial charge in [0.2, 0.25) is 0 Å². The molecule has 104 valence electrons. The van der Waals surface area contributed by atoms with Crippen LogP contribution >= 0.6 is 15.9 Å². The molecule has 0 radical (unpaired) electrons. The van der Waals surface area contributed by atoms with Crippen LogP contribution in [0.2, 0.25) is 0 Å². The number of methoxy groups -OCH3 is 2. The van der Waals surface area contributed by atoms with Crippen molar-refractivity contribution in [3.8, 4) is 11.5 Å². The molecule has 1 unspecified atom stereocenters. The van der Waals surface area contributed by atoms with Gasteiger partial charge in [0.15, 0.2) is 5.78 Å². The lowest BCUT2D eigenvalue weighted by atomic mass is 10.0. The van der Waals surface area contributed by atoms with Crippen LogP contribution < -0.4 is 9.47 Å². The van der Waals surface area contributed by atoms with Crippen LogP contribution in [0.15, 0.2) is 16.6 Å². The van der Waals surface area contributed by atoms with E-state index in [1.807, 2.05) is 0 Å². The lowest BCUT2D eigenvalue weighted by Crippen LogP contribution is -2.13. The minimum absolute atomic E-state index is 0.0227. The van der Waals surface area contributed by atoms with E-state index in [0.29, 0.717) is 23.5 Å². The van der Waals surface area contributed by atoms with Crippen molar-refractivity contribution < 1.29 is 19.0 Å². The maximum atomic E-state index is 12.3. The molecule has 5 heteroatoms. The summed E-state index contributed by atoms with van der Waals surface area (Å²) >= 11 is 3.38. The zero-order valence-corrected chi connectivity index (χ0v) is 12.7. The van der Waals surface area contributed by atoms with Gasteiger partial charge >= 0.3 is 0 Å². The molecule has 4 nitrogen and oxygen atoms in total. The Balaban J connectivity index is 2.23. The van der Waals surface area contributed by atoms with E-state index in [1.54, 1.807) is 26.4 Å². The predicted octanol–water partition coefficient (Wildman–Crippen LogP) is 3.22. The summed E-state index contributed by atoms with van der Waals surface area (Å²) in [6.45, 7) is 0.749. The number of hydrogen-bond acceptors (Lipinski definition) is 4. The van der Waals surface area contributed by atoms with E-state index in [4.69, 9.17) is 14.2 Å². The molecule has 1 heterocycles. The summed E-state index contributed by atoms with van der Waals surface area (Å²) in [4.78, 5) is 12.3. The zero-order chi connectivity index (χ0) is 13.8. The number of carbonyl (C=O) groups is 1. The largest absolute Gasteiger partial charge is 0.496 e. The first kappa shape index (κ1) is 14.3. The van der Waals surface area contributed by atoms with Gasteiger partial charge in [0.25, 0.3) is 0 Å². The fourth-order valence-corrected chi connectivity index (χ4v) is 2.68. The molecule has 1 aliphatic heterocycles. The highest BCUT2D eigenvalue weighted by Gasteiger charge is 2.23. The fraction of sp³-hybridized carbons (Fsp3) is 0.500. The molecular formula is C14H17BrO4. The molecule has 1 aromatic rings. The smallest absolute Gasteiger partial charge is 0.169 e.